The minimum absolute atomic E-state index is 0.211. The normalized spacial score (nSPS) is 13.6. The molecule has 1 aromatic rings. The molecule has 0 saturated carbocycles. The molecule has 7 heteroatoms. The van der Waals surface area contributed by atoms with Crippen LogP contribution < -0.4 is 0 Å². The van der Waals surface area contributed by atoms with Crippen molar-refractivity contribution in [3.8, 4) is 0 Å². The van der Waals surface area contributed by atoms with Gasteiger partial charge in [0.05, 0.1) is 18.5 Å². The summed E-state index contributed by atoms with van der Waals surface area (Å²) >= 11 is 3.50. The highest BCUT2D eigenvalue weighted by Crippen LogP contribution is 2.37. The van der Waals surface area contributed by atoms with E-state index in [1.54, 1.807) is 0 Å². The largest absolute Gasteiger partial charge is 0.411 e. The van der Waals surface area contributed by atoms with Gasteiger partial charge in [-0.3, -0.25) is 4.57 Å². The summed E-state index contributed by atoms with van der Waals surface area (Å²) in [6, 6.07) is 1.18. The molecule has 0 aliphatic carbocycles. The number of ether oxygens (including phenoxy) is 1. The quantitative estimate of drug-likeness (QED) is 0.412. The lowest BCUT2D eigenvalue weighted by Gasteiger charge is -2.36. The van der Waals surface area contributed by atoms with Crippen LogP contribution in [0.4, 0.5) is 0 Å². The highest BCUT2D eigenvalue weighted by Gasteiger charge is 2.37. The van der Waals surface area contributed by atoms with Crippen LogP contribution in [0.25, 0.3) is 0 Å². The van der Waals surface area contributed by atoms with Crippen molar-refractivity contribution >= 4 is 32.3 Å². The Bertz CT molecular complexity index is 505. The predicted molar refractivity (Wildman–Crippen MR) is 106 cm³/mol. The fourth-order valence-electron chi connectivity index (χ4n) is 1.64. The van der Waals surface area contributed by atoms with Crippen LogP contribution in [0, 0.1) is 0 Å². The standard InChI is InChI=1S/C16H33BrN2O2Si2/c1-16(2,3)23(7,8)21-12-14-11-18-15(17)19(14)13-20-9-10-22(4,5)6/h11H,9-10,12-13H2,1-8H3. The van der Waals surface area contributed by atoms with E-state index in [0.717, 1.165) is 17.0 Å². The third-order valence-corrected chi connectivity index (χ3v) is 11.3. The second-order valence-corrected chi connectivity index (χ2v) is 20.0. The van der Waals surface area contributed by atoms with Gasteiger partial charge in [-0.1, -0.05) is 40.4 Å². The first-order valence-electron chi connectivity index (χ1n) is 8.25. The third-order valence-electron chi connectivity index (χ3n) is 4.49. The molecule has 1 aromatic heterocycles. The van der Waals surface area contributed by atoms with Gasteiger partial charge < -0.3 is 9.16 Å². The van der Waals surface area contributed by atoms with Crippen LogP contribution in [-0.4, -0.2) is 32.5 Å². The highest BCUT2D eigenvalue weighted by atomic mass is 79.9. The van der Waals surface area contributed by atoms with Crippen molar-refractivity contribution in [2.24, 2.45) is 0 Å². The van der Waals surface area contributed by atoms with Crippen LogP contribution in [-0.2, 0) is 22.5 Å². The maximum atomic E-state index is 6.30. The van der Waals surface area contributed by atoms with Gasteiger partial charge in [-0.25, -0.2) is 4.98 Å². The molecule has 0 bridgehead atoms. The topological polar surface area (TPSA) is 36.3 Å². The van der Waals surface area contributed by atoms with Crippen LogP contribution in [0.2, 0.25) is 43.8 Å². The molecule has 134 valence electrons. The number of imidazole rings is 1. The summed E-state index contributed by atoms with van der Waals surface area (Å²) in [5.41, 5.74) is 1.06. The van der Waals surface area contributed by atoms with E-state index in [9.17, 15) is 0 Å². The van der Waals surface area contributed by atoms with Crippen molar-refractivity contribution in [2.45, 2.75) is 77.9 Å². The second-order valence-electron chi connectivity index (χ2n) is 8.84. The Morgan fingerprint density at radius 3 is 2.30 bits per heavy atom. The van der Waals surface area contributed by atoms with Crippen LogP contribution in [0.3, 0.4) is 0 Å². The lowest BCUT2D eigenvalue weighted by atomic mass is 10.2. The molecule has 0 atom stereocenters. The summed E-state index contributed by atoms with van der Waals surface area (Å²) in [6.45, 7) is 20.3. The lowest BCUT2D eigenvalue weighted by Crippen LogP contribution is -2.40. The number of nitrogens with zero attached hydrogens (tertiary/aromatic N) is 2. The van der Waals surface area contributed by atoms with Gasteiger partial charge in [0.25, 0.3) is 0 Å². The molecule has 0 aliphatic heterocycles. The molecular weight excluding hydrogens is 388 g/mol. The van der Waals surface area contributed by atoms with Crippen molar-refractivity contribution in [3.05, 3.63) is 16.6 Å². The van der Waals surface area contributed by atoms with Gasteiger partial charge in [0.15, 0.2) is 13.1 Å². The molecule has 0 spiro atoms. The first-order valence-corrected chi connectivity index (χ1v) is 15.7. The van der Waals surface area contributed by atoms with E-state index in [2.05, 4.69) is 79.0 Å². The van der Waals surface area contributed by atoms with Crippen molar-refractivity contribution in [1.29, 1.82) is 0 Å². The van der Waals surface area contributed by atoms with Gasteiger partial charge in [0.1, 0.15) is 6.73 Å². The van der Waals surface area contributed by atoms with Gasteiger partial charge in [-0.15, -0.1) is 0 Å². The van der Waals surface area contributed by atoms with Gasteiger partial charge in [0.2, 0.25) is 0 Å². The summed E-state index contributed by atoms with van der Waals surface area (Å²) < 4.78 is 15.0. The number of halogens is 1. The summed E-state index contributed by atoms with van der Waals surface area (Å²) in [7, 11) is -2.80. The Morgan fingerprint density at radius 2 is 1.78 bits per heavy atom. The Labute approximate surface area is 152 Å². The number of hydrogen-bond acceptors (Lipinski definition) is 3. The lowest BCUT2D eigenvalue weighted by molar-refractivity contribution is 0.0809. The maximum absolute atomic E-state index is 6.30. The Morgan fingerprint density at radius 1 is 1.17 bits per heavy atom. The van der Waals surface area contributed by atoms with Crippen LogP contribution in [0.15, 0.2) is 10.9 Å². The predicted octanol–water partition coefficient (Wildman–Crippen LogP) is 5.48. The fourth-order valence-corrected chi connectivity index (χ4v) is 3.77. The van der Waals surface area contributed by atoms with Crippen LogP contribution in [0.1, 0.15) is 26.5 Å². The molecule has 0 aromatic carbocycles. The van der Waals surface area contributed by atoms with E-state index in [4.69, 9.17) is 9.16 Å². The fraction of sp³-hybridized carbons (Fsp3) is 0.812. The smallest absolute Gasteiger partial charge is 0.192 e. The van der Waals surface area contributed by atoms with Crippen molar-refractivity contribution in [3.63, 3.8) is 0 Å². The van der Waals surface area contributed by atoms with Crippen molar-refractivity contribution in [1.82, 2.24) is 9.55 Å². The zero-order valence-corrected chi connectivity index (χ0v) is 19.6. The molecule has 4 nitrogen and oxygen atoms in total. The molecular formula is C16H33BrN2O2Si2. The van der Waals surface area contributed by atoms with E-state index < -0.39 is 16.4 Å². The van der Waals surface area contributed by atoms with E-state index in [1.165, 1.54) is 6.04 Å². The van der Waals surface area contributed by atoms with E-state index in [1.807, 2.05) is 6.20 Å². The average Bonchev–Trinajstić information content (AvgIpc) is 2.71. The van der Waals surface area contributed by atoms with Gasteiger partial charge in [0, 0.05) is 14.7 Å². The van der Waals surface area contributed by atoms with Gasteiger partial charge in [-0.05, 0) is 40.1 Å². The minimum Gasteiger partial charge on any atom is -0.411 e. The van der Waals surface area contributed by atoms with Gasteiger partial charge >= 0.3 is 0 Å². The zero-order valence-electron chi connectivity index (χ0n) is 16.0. The minimum atomic E-state index is -1.76. The molecule has 0 fully saturated rings. The van der Waals surface area contributed by atoms with E-state index in [-0.39, 0.29) is 5.04 Å². The SMILES string of the molecule is CC(C)(C)[Si](C)(C)OCc1cnc(Br)n1COCC[Si](C)(C)C. The first-order chi connectivity index (χ1) is 10.3. The van der Waals surface area contributed by atoms with E-state index in [0.29, 0.717) is 13.3 Å². The average molecular weight is 422 g/mol. The van der Waals surface area contributed by atoms with Crippen molar-refractivity contribution in [2.75, 3.05) is 6.61 Å². The summed E-state index contributed by atoms with van der Waals surface area (Å²) in [5.74, 6) is 0. The monoisotopic (exact) mass is 420 g/mol. The zero-order chi connectivity index (χ0) is 17.9. The van der Waals surface area contributed by atoms with E-state index >= 15 is 0 Å². The van der Waals surface area contributed by atoms with Crippen LogP contribution >= 0.6 is 15.9 Å². The molecule has 0 radical (unpaired) electrons. The third kappa shape index (κ3) is 6.82. The summed E-state index contributed by atoms with van der Waals surface area (Å²) in [5, 5.41) is 0.211. The molecule has 1 heterocycles. The van der Waals surface area contributed by atoms with Crippen LogP contribution in [0.5, 0.6) is 0 Å². The maximum Gasteiger partial charge on any atom is 0.192 e. The Kier molecular flexibility index (Phi) is 7.29. The number of hydrogen-bond donors (Lipinski definition) is 0. The highest BCUT2D eigenvalue weighted by molar-refractivity contribution is 9.10. The molecule has 0 saturated heterocycles. The molecule has 0 N–H and O–H groups in total. The van der Waals surface area contributed by atoms with Gasteiger partial charge in [-0.2, -0.15) is 0 Å². The Balaban J connectivity index is 2.62. The van der Waals surface area contributed by atoms with Crippen molar-refractivity contribution < 1.29 is 9.16 Å². The number of aromatic nitrogens is 2. The molecule has 0 amide bonds. The first kappa shape index (κ1) is 21.1. The number of rotatable bonds is 8. The Hall–Kier alpha value is 0.0438. The molecule has 23 heavy (non-hydrogen) atoms. The second kappa shape index (κ2) is 7.95. The molecule has 0 aliphatic rings. The molecule has 1 rings (SSSR count). The summed E-state index contributed by atoms with van der Waals surface area (Å²) in [6.07, 6.45) is 1.87. The summed E-state index contributed by atoms with van der Waals surface area (Å²) in [4.78, 5) is 4.35. The molecule has 0 unspecified atom stereocenters.